The van der Waals surface area contributed by atoms with Gasteiger partial charge in [-0.15, -0.1) is 11.6 Å². The minimum atomic E-state index is -4.37. The molecular formula is C21H26ClF3N2O. The molecule has 1 heterocycles. The number of halogens is 4. The number of alkyl halides is 4. The third-order valence-corrected chi connectivity index (χ3v) is 3.72. The van der Waals surface area contributed by atoms with Crippen molar-refractivity contribution in [2.75, 3.05) is 0 Å². The first-order chi connectivity index (χ1) is 13.2. The van der Waals surface area contributed by atoms with E-state index in [-0.39, 0.29) is 18.4 Å². The van der Waals surface area contributed by atoms with Gasteiger partial charge in [0.15, 0.2) is 0 Å². The zero-order chi connectivity index (χ0) is 21.2. The summed E-state index contributed by atoms with van der Waals surface area (Å²) in [4.78, 5) is 4.36. The largest absolute Gasteiger partial charge is 0.491 e. The van der Waals surface area contributed by atoms with E-state index >= 15 is 0 Å². The monoisotopic (exact) mass is 414 g/mol. The van der Waals surface area contributed by atoms with Crippen molar-refractivity contribution in [2.24, 2.45) is 0 Å². The van der Waals surface area contributed by atoms with Gasteiger partial charge in [-0.05, 0) is 45.9 Å². The number of rotatable bonds is 9. The first-order valence-electron chi connectivity index (χ1n) is 8.91. The van der Waals surface area contributed by atoms with Crippen LogP contribution in [0.2, 0.25) is 0 Å². The highest BCUT2D eigenvalue weighted by atomic mass is 35.5. The Morgan fingerprint density at radius 3 is 2.54 bits per heavy atom. The minimum absolute atomic E-state index is 0.0436. The molecule has 1 aromatic heterocycles. The van der Waals surface area contributed by atoms with Crippen LogP contribution in [0.1, 0.15) is 39.2 Å². The molecule has 0 amide bonds. The van der Waals surface area contributed by atoms with E-state index in [1.165, 1.54) is 13.0 Å². The lowest BCUT2D eigenvalue weighted by molar-refractivity contribution is -0.0883. The molecule has 0 aliphatic rings. The van der Waals surface area contributed by atoms with Crippen LogP contribution >= 0.6 is 11.6 Å². The first kappa shape index (κ1) is 23.8. The van der Waals surface area contributed by atoms with E-state index < -0.39 is 11.7 Å². The lowest BCUT2D eigenvalue weighted by Crippen LogP contribution is -2.09. The molecule has 0 saturated heterocycles. The average molecular weight is 415 g/mol. The van der Waals surface area contributed by atoms with Crippen LogP contribution in [0.25, 0.3) is 6.20 Å². The summed E-state index contributed by atoms with van der Waals surface area (Å²) in [6, 6.07) is 0. The maximum Gasteiger partial charge on any atom is 0.416 e. The van der Waals surface area contributed by atoms with Gasteiger partial charge in [0.1, 0.15) is 11.6 Å². The molecule has 0 unspecified atom stereocenters. The average Bonchev–Trinajstić information content (AvgIpc) is 2.99. The molecule has 0 aliphatic heterocycles. The second-order valence-electron chi connectivity index (χ2n) is 6.11. The topological polar surface area (TPSA) is 27.1 Å². The van der Waals surface area contributed by atoms with Crippen molar-refractivity contribution in [1.82, 2.24) is 9.55 Å². The fraction of sp³-hybridized carbons (Fsp3) is 0.381. The smallest absolute Gasteiger partial charge is 0.416 e. The standard InChI is InChI=1S/C21H26ClF3N2O/c1-5-9-19(28-16(3)4)11-8-13-27-15-18(14-22)26-20(27)12-7-10-17(6-2)21(23,24)25/h5-11,13,15-16H,12,14H2,1-4H3/b9-5-,10-7-,13-8+,17-6+,19-11+. The van der Waals surface area contributed by atoms with Crippen LogP contribution in [0, 0.1) is 0 Å². The summed E-state index contributed by atoms with van der Waals surface area (Å²) in [5.41, 5.74) is -0.0450. The van der Waals surface area contributed by atoms with Crippen LogP contribution in [-0.4, -0.2) is 21.8 Å². The molecule has 0 N–H and O–H groups in total. The van der Waals surface area contributed by atoms with Crippen LogP contribution in [-0.2, 0) is 17.0 Å². The van der Waals surface area contributed by atoms with Crippen molar-refractivity contribution in [2.45, 2.75) is 52.3 Å². The van der Waals surface area contributed by atoms with E-state index in [1.807, 2.05) is 39.0 Å². The number of nitrogens with zero attached hydrogens (tertiary/aromatic N) is 2. The Balaban J connectivity index is 3.01. The molecule has 0 saturated carbocycles. The minimum Gasteiger partial charge on any atom is -0.491 e. The van der Waals surface area contributed by atoms with Gasteiger partial charge >= 0.3 is 6.18 Å². The summed E-state index contributed by atoms with van der Waals surface area (Å²) < 4.78 is 45.8. The zero-order valence-corrected chi connectivity index (χ0v) is 17.3. The number of hydrogen-bond donors (Lipinski definition) is 0. The molecule has 0 atom stereocenters. The van der Waals surface area contributed by atoms with Gasteiger partial charge < -0.3 is 9.30 Å². The second kappa shape index (κ2) is 11.6. The highest BCUT2D eigenvalue weighted by molar-refractivity contribution is 6.16. The van der Waals surface area contributed by atoms with Crippen molar-refractivity contribution in [3.63, 3.8) is 0 Å². The molecule has 3 nitrogen and oxygen atoms in total. The Bertz CT molecular complexity index is 769. The van der Waals surface area contributed by atoms with Gasteiger partial charge in [0, 0.05) is 18.8 Å². The van der Waals surface area contributed by atoms with E-state index in [1.54, 1.807) is 23.0 Å². The van der Waals surface area contributed by atoms with Gasteiger partial charge in [-0.3, -0.25) is 0 Å². The van der Waals surface area contributed by atoms with Crippen molar-refractivity contribution in [3.8, 4) is 0 Å². The van der Waals surface area contributed by atoms with Gasteiger partial charge in [-0.25, -0.2) is 4.98 Å². The van der Waals surface area contributed by atoms with Crippen LogP contribution in [0.4, 0.5) is 13.2 Å². The van der Waals surface area contributed by atoms with E-state index in [9.17, 15) is 13.2 Å². The summed E-state index contributed by atoms with van der Waals surface area (Å²) in [5, 5.41) is 0. The quantitative estimate of drug-likeness (QED) is 0.259. The van der Waals surface area contributed by atoms with Crippen molar-refractivity contribution < 1.29 is 17.9 Å². The first-order valence-corrected chi connectivity index (χ1v) is 9.45. The molecule has 0 aliphatic carbocycles. The van der Waals surface area contributed by atoms with Crippen LogP contribution < -0.4 is 0 Å². The van der Waals surface area contributed by atoms with Gasteiger partial charge in [-0.1, -0.05) is 24.3 Å². The highest BCUT2D eigenvalue weighted by Gasteiger charge is 2.30. The van der Waals surface area contributed by atoms with E-state index in [0.717, 1.165) is 12.2 Å². The van der Waals surface area contributed by atoms with Crippen LogP contribution in [0.5, 0.6) is 0 Å². The maximum atomic E-state index is 12.8. The Morgan fingerprint density at radius 1 is 1.29 bits per heavy atom. The fourth-order valence-electron chi connectivity index (χ4n) is 2.28. The molecule has 7 heteroatoms. The summed E-state index contributed by atoms with van der Waals surface area (Å²) in [6.45, 7) is 7.13. The van der Waals surface area contributed by atoms with Gasteiger partial charge in [0.2, 0.25) is 0 Å². The molecule has 28 heavy (non-hydrogen) atoms. The van der Waals surface area contributed by atoms with Crippen LogP contribution in [0.3, 0.4) is 0 Å². The lowest BCUT2D eigenvalue weighted by atomic mass is 10.2. The Hall–Kier alpha value is -2.21. The molecule has 1 aromatic rings. The summed E-state index contributed by atoms with van der Waals surface area (Å²) in [5.74, 6) is 1.51. The Morgan fingerprint density at radius 2 is 2.00 bits per heavy atom. The van der Waals surface area contributed by atoms with E-state index in [2.05, 4.69) is 4.98 Å². The number of allylic oxidation sites excluding steroid dienone is 8. The number of imidazole rings is 1. The Kier molecular flexibility index (Phi) is 9.87. The number of aromatic nitrogens is 2. The molecule has 0 spiro atoms. The third kappa shape index (κ3) is 8.21. The molecule has 0 radical (unpaired) electrons. The number of hydrogen-bond acceptors (Lipinski definition) is 2. The predicted octanol–water partition coefficient (Wildman–Crippen LogP) is 6.58. The summed E-state index contributed by atoms with van der Waals surface area (Å²) in [6.07, 6.45) is 10.3. The van der Waals surface area contributed by atoms with E-state index in [4.69, 9.17) is 16.3 Å². The molecule has 0 bridgehead atoms. The highest BCUT2D eigenvalue weighted by Crippen LogP contribution is 2.26. The van der Waals surface area contributed by atoms with Crippen molar-refractivity contribution in [1.29, 1.82) is 0 Å². The fourth-order valence-corrected chi connectivity index (χ4v) is 2.41. The zero-order valence-electron chi connectivity index (χ0n) is 16.5. The van der Waals surface area contributed by atoms with Crippen molar-refractivity contribution >= 4 is 17.8 Å². The van der Waals surface area contributed by atoms with Gasteiger partial charge in [0.25, 0.3) is 0 Å². The molecule has 0 fully saturated rings. The normalized spacial score (nSPS) is 14.3. The second-order valence-corrected chi connectivity index (χ2v) is 6.38. The lowest BCUT2D eigenvalue weighted by Gasteiger charge is -2.09. The molecular weight excluding hydrogens is 389 g/mol. The van der Waals surface area contributed by atoms with Crippen molar-refractivity contribution in [3.05, 3.63) is 71.6 Å². The summed E-state index contributed by atoms with van der Waals surface area (Å²) >= 11 is 5.85. The molecule has 1 rings (SSSR count). The van der Waals surface area contributed by atoms with Crippen LogP contribution in [0.15, 0.2) is 60.1 Å². The number of ether oxygens (including phenoxy) is 1. The van der Waals surface area contributed by atoms with Gasteiger partial charge in [0.05, 0.1) is 23.3 Å². The third-order valence-electron chi connectivity index (χ3n) is 3.44. The van der Waals surface area contributed by atoms with Gasteiger partial charge in [-0.2, -0.15) is 13.2 Å². The SMILES string of the molecule is C\C=C/C(=C\C=C\n1cc(CCl)nc1C/C=C\C(=C/C)C(F)(F)F)OC(C)C. The summed E-state index contributed by atoms with van der Waals surface area (Å²) in [7, 11) is 0. The predicted molar refractivity (Wildman–Crippen MR) is 109 cm³/mol. The molecule has 154 valence electrons. The maximum absolute atomic E-state index is 12.8. The molecule has 0 aromatic carbocycles. The van der Waals surface area contributed by atoms with E-state index in [0.29, 0.717) is 17.3 Å². The Labute approximate surface area is 169 Å².